The zero-order valence-corrected chi connectivity index (χ0v) is 30.0. The third-order valence-corrected chi connectivity index (χ3v) is 10.8. The molecule has 4 N–H and O–H groups in total. The molecule has 2 aliphatic heterocycles. The number of aliphatic hydroxyl groups excluding tert-OH is 1. The molecular formula is C38H40Cl2N6O3S. The van der Waals surface area contributed by atoms with Gasteiger partial charge in [0.25, 0.3) is 0 Å². The average Bonchev–Trinajstić information content (AvgIpc) is 3.50. The first-order chi connectivity index (χ1) is 24.3. The van der Waals surface area contributed by atoms with Gasteiger partial charge in [0.15, 0.2) is 0 Å². The second-order valence-electron chi connectivity index (χ2n) is 12.4. The number of carbonyl (C=O) groups is 2. The minimum atomic E-state index is -0.961. The van der Waals surface area contributed by atoms with Crippen molar-refractivity contribution in [1.29, 1.82) is 0 Å². The van der Waals surface area contributed by atoms with Crippen molar-refractivity contribution in [3.8, 4) is 23.1 Å². The van der Waals surface area contributed by atoms with Crippen LogP contribution < -0.4 is 11.1 Å². The summed E-state index contributed by atoms with van der Waals surface area (Å²) in [5.41, 5.74) is 12.2. The number of aromatic nitrogens is 2. The number of benzene rings is 3. The molecular weight excluding hydrogens is 691 g/mol. The monoisotopic (exact) mass is 730 g/mol. The molecule has 0 bridgehead atoms. The minimum absolute atomic E-state index is 0.0468. The fraction of sp³-hybridized carbons (Fsp3) is 0.342. The molecule has 260 valence electrons. The van der Waals surface area contributed by atoms with E-state index >= 15 is 0 Å². The number of carbonyl (C=O) groups excluding carboxylic acids is 2. The van der Waals surface area contributed by atoms with E-state index in [2.05, 4.69) is 26.7 Å². The summed E-state index contributed by atoms with van der Waals surface area (Å²) in [7, 11) is 0. The maximum Gasteiger partial charge on any atom is 0.311 e. The van der Waals surface area contributed by atoms with Crippen LogP contribution in [-0.4, -0.2) is 80.8 Å². The predicted molar refractivity (Wildman–Crippen MR) is 200 cm³/mol. The maximum absolute atomic E-state index is 12.6. The van der Waals surface area contributed by atoms with Gasteiger partial charge in [0.05, 0.1) is 29.9 Å². The molecule has 1 saturated heterocycles. The number of amides is 2. The average molecular weight is 732 g/mol. The van der Waals surface area contributed by atoms with Crippen molar-refractivity contribution in [2.75, 3.05) is 44.3 Å². The van der Waals surface area contributed by atoms with Gasteiger partial charge in [-0.05, 0) is 54.4 Å². The summed E-state index contributed by atoms with van der Waals surface area (Å²) in [6.07, 6.45) is 1.55. The predicted octanol–water partition coefficient (Wildman–Crippen LogP) is 4.89. The molecule has 12 heteroatoms. The first-order valence-corrected chi connectivity index (χ1v) is 18.7. The highest BCUT2D eigenvalue weighted by Crippen LogP contribution is 2.32. The smallest absolute Gasteiger partial charge is 0.311 e. The Kier molecular flexibility index (Phi) is 12.2. The van der Waals surface area contributed by atoms with Crippen LogP contribution in [0.3, 0.4) is 0 Å². The molecule has 50 heavy (non-hydrogen) atoms. The third kappa shape index (κ3) is 8.72. The van der Waals surface area contributed by atoms with E-state index in [-0.39, 0.29) is 19.2 Å². The summed E-state index contributed by atoms with van der Waals surface area (Å²) in [6, 6.07) is 20.8. The number of aryl methyl sites for hydroxylation is 1. The summed E-state index contributed by atoms with van der Waals surface area (Å²) in [6.45, 7) is 5.05. The number of aliphatic hydroxyl groups is 1. The van der Waals surface area contributed by atoms with Crippen molar-refractivity contribution < 1.29 is 14.7 Å². The van der Waals surface area contributed by atoms with E-state index in [0.29, 0.717) is 35.1 Å². The van der Waals surface area contributed by atoms with Crippen molar-refractivity contribution in [1.82, 2.24) is 24.9 Å². The van der Waals surface area contributed by atoms with E-state index in [4.69, 9.17) is 34.0 Å². The van der Waals surface area contributed by atoms with Gasteiger partial charge in [0.2, 0.25) is 0 Å². The van der Waals surface area contributed by atoms with Gasteiger partial charge in [-0.25, -0.2) is 0 Å². The largest absolute Gasteiger partial charge is 0.394 e. The lowest BCUT2D eigenvalue weighted by Crippen LogP contribution is -2.43. The summed E-state index contributed by atoms with van der Waals surface area (Å²) >= 11 is 15.2. The van der Waals surface area contributed by atoms with Crippen molar-refractivity contribution in [3.63, 3.8) is 0 Å². The third-order valence-electron chi connectivity index (χ3n) is 9.13. The SMILES string of the molecule is NC(=O)C(=O)N1CCc2c(c(-c3ccc(Cl)c(C#Cc4ccc(Cl)c(CN[C@@H](CO)c5ccccc5)c4)c3)nn2CCCN2CCSCC2)C1. The Bertz CT molecular complexity index is 1900. The maximum atomic E-state index is 12.6. The molecule has 3 aromatic carbocycles. The molecule has 0 aliphatic carbocycles. The normalized spacial score (nSPS) is 15.2. The number of thioether (sulfide) groups is 1. The van der Waals surface area contributed by atoms with Gasteiger partial charge in [0, 0.05) is 83.6 Å². The topological polar surface area (TPSA) is 117 Å². The molecule has 1 fully saturated rings. The highest BCUT2D eigenvalue weighted by atomic mass is 35.5. The lowest BCUT2D eigenvalue weighted by Gasteiger charge is -2.27. The van der Waals surface area contributed by atoms with Crippen LogP contribution in [0, 0.1) is 11.8 Å². The lowest BCUT2D eigenvalue weighted by molar-refractivity contribution is -0.144. The minimum Gasteiger partial charge on any atom is -0.394 e. The van der Waals surface area contributed by atoms with Crippen LogP contribution >= 0.6 is 35.0 Å². The fourth-order valence-electron chi connectivity index (χ4n) is 6.41. The van der Waals surface area contributed by atoms with Crippen molar-refractivity contribution in [2.24, 2.45) is 5.73 Å². The zero-order valence-electron chi connectivity index (χ0n) is 27.7. The molecule has 6 rings (SSSR count). The number of nitrogens with one attached hydrogen (secondary N) is 1. The van der Waals surface area contributed by atoms with Crippen LogP contribution in [0.25, 0.3) is 11.3 Å². The molecule has 4 aromatic rings. The lowest BCUT2D eigenvalue weighted by atomic mass is 9.99. The van der Waals surface area contributed by atoms with Crippen LogP contribution in [0.4, 0.5) is 0 Å². The van der Waals surface area contributed by atoms with Gasteiger partial charge >= 0.3 is 11.8 Å². The van der Waals surface area contributed by atoms with Crippen molar-refractivity contribution in [3.05, 3.63) is 110 Å². The molecule has 1 atom stereocenters. The van der Waals surface area contributed by atoms with Crippen LogP contribution in [-0.2, 0) is 35.6 Å². The highest BCUT2D eigenvalue weighted by Gasteiger charge is 2.30. The standard InChI is InChI=1S/C38H40Cl2N6O3S/c39-32-12-10-29(22-28(32)9-7-26-8-11-33(40)30(21-26)23-42-34(25-47)27-5-2-1-3-6-27)36-31-24-45(38(49)37(41)48)16-13-35(31)46(43-36)15-4-14-44-17-19-50-20-18-44/h1-3,5-6,8,10-12,21-22,34,42,47H,4,13-20,23-25H2,(H2,41,48)/t34-/m0/s1. The molecule has 1 aromatic heterocycles. The van der Waals surface area contributed by atoms with Gasteiger partial charge in [-0.1, -0.05) is 71.4 Å². The Morgan fingerprint density at radius 2 is 1.76 bits per heavy atom. The van der Waals surface area contributed by atoms with Gasteiger partial charge in [-0.15, -0.1) is 0 Å². The summed E-state index contributed by atoms with van der Waals surface area (Å²) in [5.74, 6) is 7.16. The Balaban J connectivity index is 1.24. The quantitative estimate of drug-likeness (QED) is 0.157. The van der Waals surface area contributed by atoms with Gasteiger partial charge < -0.3 is 26.0 Å². The van der Waals surface area contributed by atoms with E-state index in [9.17, 15) is 14.7 Å². The molecule has 3 heterocycles. The summed E-state index contributed by atoms with van der Waals surface area (Å²) in [5, 5.41) is 19.5. The van der Waals surface area contributed by atoms with Crippen LogP contribution in [0.2, 0.25) is 10.0 Å². The number of hydrogen-bond donors (Lipinski definition) is 3. The second kappa shape index (κ2) is 16.9. The van der Waals surface area contributed by atoms with E-state index < -0.39 is 11.8 Å². The van der Waals surface area contributed by atoms with Crippen molar-refractivity contribution in [2.45, 2.75) is 38.5 Å². The van der Waals surface area contributed by atoms with Gasteiger partial charge in [0.1, 0.15) is 0 Å². The number of primary amides is 1. The Morgan fingerprint density at radius 3 is 2.52 bits per heavy atom. The highest BCUT2D eigenvalue weighted by molar-refractivity contribution is 7.99. The molecule has 0 saturated carbocycles. The number of nitrogens with zero attached hydrogens (tertiary/aromatic N) is 4. The number of fused-ring (bicyclic) bond motifs is 1. The number of nitrogens with two attached hydrogens (primary N) is 1. The van der Waals surface area contributed by atoms with E-state index in [0.717, 1.165) is 71.8 Å². The van der Waals surface area contributed by atoms with Crippen molar-refractivity contribution >= 4 is 46.8 Å². The number of hydrogen-bond acceptors (Lipinski definition) is 7. The summed E-state index contributed by atoms with van der Waals surface area (Å²) in [4.78, 5) is 28.4. The Hall–Kier alpha value is -3.82. The Morgan fingerprint density at radius 1 is 0.980 bits per heavy atom. The first-order valence-electron chi connectivity index (χ1n) is 16.8. The van der Waals surface area contributed by atoms with E-state index in [1.165, 1.54) is 16.4 Å². The molecule has 2 amide bonds. The Labute approximate surface area is 307 Å². The van der Waals surface area contributed by atoms with E-state index in [1.807, 2.05) is 78.5 Å². The van der Waals surface area contributed by atoms with Crippen LogP contribution in [0.5, 0.6) is 0 Å². The molecule has 9 nitrogen and oxygen atoms in total. The number of rotatable bonds is 10. The van der Waals surface area contributed by atoms with Gasteiger partial charge in [-0.2, -0.15) is 16.9 Å². The molecule has 0 spiro atoms. The molecule has 0 unspecified atom stereocenters. The zero-order chi connectivity index (χ0) is 35.0. The van der Waals surface area contributed by atoms with E-state index in [1.54, 1.807) is 0 Å². The first kappa shape index (κ1) is 36.0. The molecule has 0 radical (unpaired) electrons. The van der Waals surface area contributed by atoms with Crippen LogP contribution in [0.1, 0.15) is 46.0 Å². The summed E-state index contributed by atoms with van der Waals surface area (Å²) < 4.78 is 2.07. The number of halogens is 2. The van der Waals surface area contributed by atoms with Gasteiger partial charge in [-0.3, -0.25) is 14.3 Å². The fourth-order valence-corrected chi connectivity index (χ4v) is 7.74. The molecule has 2 aliphatic rings. The second-order valence-corrected chi connectivity index (χ2v) is 14.5. The van der Waals surface area contributed by atoms with Crippen LogP contribution in [0.15, 0.2) is 66.7 Å².